The Kier molecular flexibility index (Phi) is 3.89. The second-order valence-corrected chi connectivity index (χ2v) is 5.31. The summed E-state index contributed by atoms with van der Waals surface area (Å²) in [7, 11) is 0. The first-order chi connectivity index (χ1) is 11.1. The van der Waals surface area contributed by atoms with Crippen molar-refractivity contribution in [2.75, 3.05) is 0 Å². The number of carbonyl (C=O) groups is 1. The molecule has 0 aliphatic heterocycles. The van der Waals surface area contributed by atoms with Crippen molar-refractivity contribution in [1.82, 2.24) is 14.7 Å². The Hall–Kier alpha value is -3.02. The van der Waals surface area contributed by atoms with E-state index in [1.807, 2.05) is 32.0 Å². The van der Waals surface area contributed by atoms with Crippen molar-refractivity contribution in [3.8, 4) is 11.5 Å². The summed E-state index contributed by atoms with van der Waals surface area (Å²) in [6.45, 7) is 3.64. The van der Waals surface area contributed by atoms with Gasteiger partial charge in [0.15, 0.2) is 5.78 Å². The van der Waals surface area contributed by atoms with E-state index in [2.05, 4.69) is 10.1 Å². The van der Waals surface area contributed by atoms with Gasteiger partial charge in [-0.05, 0) is 37.6 Å². The van der Waals surface area contributed by atoms with E-state index in [0.29, 0.717) is 11.3 Å². The smallest absolute Gasteiger partial charge is 0.295 e. The molecular weight excluding hydrogens is 294 g/mol. The SMILES string of the molecule is Cc1ccc(C)c(C(=O)Cn2c(-c3ccccn3)noc2=O)c1. The lowest BCUT2D eigenvalue weighted by Crippen LogP contribution is -2.22. The van der Waals surface area contributed by atoms with E-state index < -0.39 is 5.76 Å². The minimum Gasteiger partial charge on any atom is -0.295 e. The normalized spacial score (nSPS) is 10.7. The van der Waals surface area contributed by atoms with Gasteiger partial charge in [0, 0.05) is 11.8 Å². The predicted octanol–water partition coefficient (Wildman–Crippen LogP) is 2.40. The molecule has 3 aromatic rings. The van der Waals surface area contributed by atoms with Gasteiger partial charge >= 0.3 is 5.76 Å². The van der Waals surface area contributed by atoms with E-state index in [9.17, 15) is 9.59 Å². The number of rotatable bonds is 4. The lowest BCUT2D eigenvalue weighted by Gasteiger charge is -2.07. The number of carbonyl (C=O) groups excluding carboxylic acids is 1. The molecule has 0 fully saturated rings. The van der Waals surface area contributed by atoms with Crippen LogP contribution in [0.5, 0.6) is 0 Å². The zero-order valence-electron chi connectivity index (χ0n) is 12.8. The number of aryl methyl sites for hydroxylation is 2. The number of hydrogen-bond donors (Lipinski definition) is 0. The van der Waals surface area contributed by atoms with E-state index in [1.54, 1.807) is 24.4 Å². The number of nitrogens with zero attached hydrogens (tertiary/aromatic N) is 3. The third-order valence-electron chi connectivity index (χ3n) is 3.58. The molecule has 1 aromatic carbocycles. The highest BCUT2D eigenvalue weighted by molar-refractivity contribution is 5.97. The molecule has 2 aromatic heterocycles. The molecule has 0 N–H and O–H groups in total. The summed E-state index contributed by atoms with van der Waals surface area (Å²) in [4.78, 5) is 28.6. The molecule has 6 nitrogen and oxygen atoms in total. The molecule has 2 heterocycles. The highest BCUT2D eigenvalue weighted by atomic mass is 16.5. The van der Waals surface area contributed by atoms with Crippen molar-refractivity contribution < 1.29 is 9.32 Å². The molecule has 3 rings (SSSR count). The number of Topliss-reactive ketones (excluding diaryl/α,β-unsaturated/α-hetero) is 1. The van der Waals surface area contributed by atoms with E-state index >= 15 is 0 Å². The summed E-state index contributed by atoms with van der Waals surface area (Å²) in [5, 5.41) is 3.73. The Bertz CT molecular complexity index is 910. The second-order valence-electron chi connectivity index (χ2n) is 5.31. The molecule has 0 saturated heterocycles. The van der Waals surface area contributed by atoms with E-state index in [-0.39, 0.29) is 18.2 Å². The third kappa shape index (κ3) is 2.96. The number of hydrogen-bond acceptors (Lipinski definition) is 5. The van der Waals surface area contributed by atoms with E-state index in [4.69, 9.17) is 4.52 Å². The molecule has 0 aliphatic carbocycles. The van der Waals surface area contributed by atoms with Crippen LogP contribution >= 0.6 is 0 Å². The Morgan fingerprint density at radius 1 is 1.22 bits per heavy atom. The zero-order valence-corrected chi connectivity index (χ0v) is 12.8. The number of pyridine rings is 1. The monoisotopic (exact) mass is 309 g/mol. The minimum atomic E-state index is -0.677. The molecule has 116 valence electrons. The third-order valence-corrected chi connectivity index (χ3v) is 3.58. The highest BCUT2D eigenvalue weighted by Gasteiger charge is 2.18. The van der Waals surface area contributed by atoms with Gasteiger partial charge in [0.05, 0.1) is 6.54 Å². The van der Waals surface area contributed by atoms with Crippen LogP contribution in [0.4, 0.5) is 0 Å². The average molecular weight is 309 g/mol. The summed E-state index contributed by atoms with van der Waals surface area (Å²) in [6.07, 6.45) is 1.59. The number of benzene rings is 1. The average Bonchev–Trinajstić information content (AvgIpc) is 2.91. The van der Waals surface area contributed by atoms with Gasteiger partial charge in [-0.15, -0.1) is 0 Å². The Morgan fingerprint density at radius 2 is 2.04 bits per heavy atom. The summed E-state index contributed by atoms with van der Waals surface area (Å²) in [5.41, 5.74) is 2.92. The maximum Gasteiger partial charge on any atom is 0.442 e. The molecule has 0 spiro atoms. The molecule has 0 amide bonds. The second kappa shape index (κ2) is 6.00. The maximum atomic E-state index is 12.6. The van der Waals surface area contributed by atoms with Gasteiger partial charge in [0.25, 0.3) is 0 Å². The lowest BCUT2D eigenvalue weighted by atomic mass is 10.0. The first kappa shape index (κ1) is 14.9. The standard InChI is InChI=1S/C17H15N3O3/c1-11-6-7-12(2)13(9-11)15(21)10-20-16(19-23-17(20)22)14-5-3-4-8-18-14/h3-9H,10H2,1-2H3. The molecule has 6 heteroatoms. The number of aromatic nitrogens is 3. The molecule has 0 unspecified atom stereocenters. The fourth-order valence-electron chi connectivity index (χ4n) is 2.35. The fraction of sp³-hybridized carbons (Fsp3) is 0.176. The van der Waals surface area contributed by atoms with Crippen LogP contribution in [0.15, 0.2) is 51.9 Å². The van der Waals surface area contributed by atoms with Gasteiger partial charge in [-0.25, -0.2) is 9.36 Å². The van der Waals surface area contributed by atoms with Gasteiger partial charge in [-0.2, -0.15) is 0 Å². The molecule has 0 saturated carbocycles. The summed E-state index contributed by atoms with van der Waals surface area (Å²) in [6, 6.07) is 10.9. The molecule has 0 aliphatic rings. The molecule has 0 bridgehead atoms. The van der Waals surface area contributed by atoms with Gasteiger partial charge < -0.3 is 0 Å². The van der Waals surface area contributed by atoms with Crippen molar-refractivity contribution in [1.29, 1.82) is 0 Å². The molecule has 23 heavy (non-hydrogen) atoms. The van der Waals surface area contributed by atoms with Crippen LogP contribution in [0.3, 0.4) is 0 Å². The first-order valence-corrected chi connectivity index (χ1v) is 7.14. The van der Waals surface area contributed by atoms with Crippen LogP contribution in [0.2, 0.25) is 0 Å². The highest BCUT2D eigenvalue weighted by Crippen LogP contribution is 2.15. The fourth-order valence-corrected chi connectivity index (χ4v) is 2.35. The lowest BCUT2D eigenvalue weighted by molar-refractivity contribution is 0.0969. The minimum absolute atomic E-state index is 0.140. The van der Waals surface area contributed by atoms with Gasteiger partial charge in [-0.3, -0.25) is 14.3 Å². The van der Waals surface area contributed by atoms with Crippen molar-refractivity contribution in [2.45, 2.75) is 20.4 Å². The van der Waals surface area contributed by atoms with Crippen molar-refractivity contribution >= 4 is 5.78 Å². The van der Waals surface area contributed by atoms with Crippen LogP contribution in [0, 0.1) is 13.8 Å². The van der Waals surface area contributed by atoms with Crippen molar-refractivity contribution in [3.05, 3.63) is 69.8 Å². The topological polar surface area (TPSA) is 78.0 Å². The Balaban J connectivity index is 1.98. The first-order valence-electron chi connectivity index (χ1n) is 7.14. The maximum absolute atomic E-state index is 12.6. The number of ketones is 1. The summed E-state index contributed by atoms with van der Waals surface area (Å²) in [5.74, 6) is -0.604. The molecule has 0 atom stereocenters. The van der Waals surface area contributed by atoms with E-state index in [0.717, 1.165) is 11.1 Å². The summed E-state index contributed by atoms with van der Waals surface area (Å²) >= 11 is 0. The Labute approximate surface area is 132 Å². The van der Waals surface area contributed by atoms with E-state index in [1.165, 1.54) is 4.57 Å². The van der Waals surface area contributed by atoms with Gasteiger partial charge in [0.1, 0.15) is 5.69 Å². The van der Waals surface area contributed by atoms with Crippen molar-refractivity contribution in [3.63, 3.8) is 0 Å². The summed E-state index contributed by atoms with van der Waals surface area (Å²) < 4.78 is 5.91. The Morgan fingerprint density at radius 3 is 2.78 bits per heavy atom. The van der Waals surface area contributed by atoms with Crippen molar-refractivity contribution in [2.24, 2.45) is 0 Å². The van der Waals surface area contributed by atoms with Crippen LogP contribution < -0.4 is 5.76 Å². The van der Waals surface area contributed by atoms with Crippen LogP contribution in [-0.4, -0.2) is 20.5 Å². The predicted molar refractivity (Wildman–Crippen MR) is 84.2 cm³/mol. The van der Waals surface area contributed by atoms with Gasteiger partial charge in [-0.1, -0.05) is 28.9 Å². The zero-order chi connectivity index (χ0) is 16.4. The molecular formula is C17H15N3O3. The quantitative estimate of drug-likeness (QED) is 0.692. The van der Waals surface area contributed by atoms with Crippen LogP contribution in [-0.2, 0) is 6.54 Å². The molecule has 0 radical (unpaired) electrons. The largest absolute Gasteiger partial charge is 0.442 e. The van der Waals surface area contributed by atoms with Crippen LogP contribution in [0.1, 0.15) is 21.5 Å². The van der Waals surface area contributed by atoms with Gasteiger partial charge in [0.2, 0.25) is 5.82 Å². The van der Waals surface area contributed by atoms with Crippen LogP contribution in [0.25, 0.3) is 11.5 Å².